The van der Waals surface area contributed by atoms with Crippen molar-refractivity contribution in [2.45, 2.75) is 206 Å². The van der Waals surface area contributed by atoms with Gasteiger partial charge in [0.25, 0.3) is 0 Å². The van der Waals surface area contributed by atoms with Crippen molar-refractivity contribution in [1.82, 2.24) is 0 Å². The average Bonchev–Trinajstić information content (AvgIpc) is 3.24. The smallest absolute Gasteiger partial charge is 0.306 e. The number of esters is 2. The molecule has 0 aromatic rings. The maximum absolute atomic E-state index is 12.8. The fraction of sp³-hybridized carbons (Fsp3) is 0.691. The second-order valence-electron chi connectivity index (χ2n) is 17.7. The Morgan fingerprint density at radius 2 is 0.889 bits per heavy atom. The van der Waals surface area contributed by atoms with Crippen molar-refractivity contribution >= 4 is 17.9 Å². The van der Waals surface area contributed by atoms with E-state index in [-0.39, 0.29) is 49.1 Å². The molecular formula is C55H93NO7. The summed E-state index contributed by atoms with van der Waals surface area (Å²) in [6.45, 7) is 4.49. The fourth-order valence-electron chi connectivity index (χ4n) is 6.94. The van der Waals surface area contributed by atoms with Crippen molar-refractivity contribution in [2.75, 3.05) is 41.0 Å². The van der Waals surface area contributed by atoms with Gasteiger partial charge in [-0.3, -0.25) is 9.59 Å². The number of unbranched alkanes of at least 4 members (excludes halogenated alkanes) is 16. The number of carbonyl (C=O) groups excluding carboxylic acids is 3. The molecule has 0 aliphatic carbocycles. The Hall–Kier alpha value is -3.49. The number of hydrogen-bond acceptors (Lipinski definition) is 7. The first kappa shape index (κ1) is 59.5. The molecule has 0 radical (unpaired) electrons. The van der Waals surface area contributed by atoms with Crippen LogP contribution in [-0.2, 0) is 28.6 Å². The molecule has 0 aliphatic rings. The SMILES string of the molecule is CC/C=C/C/C=C/C/C=C/C/C=C/C/C=C/C/C=C/C/C=C/CCCC(=O)OCC(COCCC(C(=O)[O-])[N+](C)(C)C)OC(=O)CCCCCCCCCCCCCCCCCC. The van der Waals surface area contributed by atoms with Gasteiger partial charge in [-0.25, -0.2) is 0 Å². The van der Waals surface area contributed by atoms with Gasteiger partial charge in [0.05, 0.1) is 40.3 Å². The lowest BCUT2D eigenvalue weighted by molar-refractivity contribution is -0.889. The number of quaternary nitrogens is 1. The number of carboxylic acids is 1. The Labute approximate surface area is 386 Å². The quantitative estimate of drug-likeness (QED) is 0.0260. The second kappa shape index (κ2) is 45.1. The lowest BCUT2D eigenvalue weighted by atomic mass is 10.0. The second-order valence-corrected chi connectivity index (χ2v) is 17.7. The van der Waals surface area contributed by atoms with Gasteiger partial charge in [-0.2, -0.15) is 0 Å². The zero-order chi connectivity index (χ0) is 46.3. The highest BCUT2D eigenvalue weighted by molar-refractivity contribution is 5.70. The minimum atomic E-state index is -1.13. The van der Waals surface area contributed by atoms with Crippen LogP contribution < -0.4 is 5.11 Å². The molecule has 0 N–H and O–H groups in total. The van der Waals surface area contributed by atoms with Crippen LogP contribution in [0, 0.1) is 0 Å². The van der Waals surface area contributed by atoms with Crippen LogP contribution in [-0.4, -0.2) is 75.5 Å². The van der Waals surface area contributed by atoms with Crippen LogP contribution in [0.15, 0.2) is 85.1 Å². The molecule has 0 heterocycles. The first-order chi connectivity index (χ1) is 30.6. The Bertz CT molecular complexity index is 1300. The summed E-state index contributed by atoms with van der Waals surface area (Å²) in [6, 6.07) is -0.738. The Balaban J connectivity index is 4.37. The molecule has 2 unspecified atom stereocenters. The minimum Gasteiger partial charge on any atom is -0.544 e. The molecule has 2 atom stereocenters. The summed E-state index contributed by atoms with van der Waals surface area (Å²) in [5.74, 6) is -1.81. The van der Waals surface area contributed by atoms with E-state index in [1.807, 2.05) is 0 Å². The van der Waals surface area contributed by atoms with Gasteiger partial charge >= 0.3 is 11.9 Å². The van der Waals surface area contributed by atoms with Crippen LogP contribution in [0.3, 0.4) is 0 Å². The van der Waals surface area contributed by atoms with Crippen LogP contribution >= 0.6 is 0 Å². The molecule has 0 aromatic carbocycles. The molecule has 0 spiro atoms. The summed E-state index contributed by atoms with van der Waals surface area (Å²) < 4.78 is 17.2. The third kappa shape index (κ3) is 43.5. The summed E-state index contributed by atoms with van der Waals surface area (Å²) in [7, 11) is 5.39. The predicted molar refractivity (Wildman–Crippen MR) is 263 cm³/mol. The van der Waals surface area contributed by atoms with Crippen LogP contribution in [0.4, 0.5) is 0 Å². The lowest BCUT2D eigenvalue weighted by Gasteiger charge is -2.34. The molecule has 0 saturated heterocycles. The summed E-state index contributed by atoms with van der Waals surface area (Å²) in [5, 5.41) is 11.7. The van der Waals surface area contributed by atoms with Crippen molar-refractivity contribution in [2.24, 2.45) is 0 Å². The van der Waals surface area contributed by atoms with E-state index in [0.29, 0.717) is 12.8 Å². The first-order valence-corrected chi connectivity index (χ1v) is 25.1. The maximum Gasteiger partial charge on any atom is 0.306 e. The summed E-state index contributed by atoms with van der Waals surface area (Å²) in [4.78, 5) is 37.0. The number of nitrogens with zero attached hydrogens (tertiary/aromatic N) is 1. The molecular weight excluding hydrogens is 787 g/mol. The van der Waals surface area contributed by atoms with Gasteiger partial charge in [0.1, 0.15) is 12.6 Å². The molecule has 8 heteroatoms. The number of rotatable bonds is 44. The van der Waals surface area contributed by atoms with Gasteiger partial charge in [0, 0.05) is 19.3 Å². The molecule has 0 bridgehead atoms. The topological polar surface area (TPSA) is 102 Å². The molecule has 0 rings (SSSR count). The number of likely N-dealkylation sites (N-methyl/N-ethyl adjacent to an activating group) is 1. The van der Waals surface area contributed by atoms with Crippen molar-refractivity contribution in [3.05, 3.63) is 85.1 Å². The maximum atomic E-state index is 12.8. The van der Waals surface area contributed by atoms with Gasteiger partial charge in [-0.05, 0) is 64.2 Å². The minimum absolute atomic E-state index is 0.0201. The fourth-order valence-corrected chi connectivity index (χ4v) is 6.94. The van der Waals surface area contributed by atoms with Crippen LogP contribution in [0.25, 0.3) is 0 Å². The number of carboxylic acid groups (broad SMARTS) is 1. The summed E-state index contributed by atoms with van der Waals surface area (Å²) in [5.41, 5.74) is 0. The van der Waals surface area contributed by atoms with E-state index < -0.39 is 18.1 Å². The third-order valence-electron chi connectivity index (χ3n) is 10.8. The van der Waals surface area contributed by atoms with Crippen molar-refractivity contribution in [1.29, 1.82) is 0 Å². The molecule has 0 aromatic heterocycles. The average molecular weight is 880 g/mol. The zero-order valence-electron chi connectivity index (χ0n) is 41.0. The summed E-state index contributed by atoms with van der Waals surface area (Å²) in [6.07, 6.45) is 59.0. The number of carbonyl (C=O) groups is 3. The lowest BCUT2D eigenvalue weighted by Crippen LogP contribution is -2.55. The van der Waals surface area contributed by atoms with E-state index in [4.69, 9.17) is 14.2 Å². The van der Waals surface area contributed by atoms with E-state index in [2.05, 4.69) is 98.9 Å². The number of allylic oxidation sites excluding steroid dienone is 14. The largest absolute Gasteiger partial charge is 0.544 e. The van der Waals surface area contributed by atoms with Crippen molar-refractivity contribution in [3.8, 4) is 0 Å². The Morgan fingerprint density at radius 1 is 0.492 bits per heavy atom. The monoisotopic (exact) mass is 880 g/mol. The standard InChI is InChI=1S/C55H93NO7/c1-6-8-10-12-14-16-18-20-22-24-25-26-27-28-29-30-32-33-35-37-39-41-43-45-53(57)62-50-51(49-61-48-47-52(55(59)60)56(3,4)5)63-54(58)46-44-42-40-38-36-34-31-23-21-19-17-15-13-11-9-7-2/h8,10,14,16,20,22,25-26,28-29,32-33,37,39,51-52H,6-7,9,11-13,15,17-19,21,23-24,27,30-31,34-36,38,40-50H2,1-5H3/b10-8+,16-14+,22-20+,26-25+,29-28+,33-32+,39-37+. The Morgan fingerprint density at radius 3 is 1.30 bits per heavy atom. The van der Waals surface area contributed by atoms with Gasteiger partial charge in [-0.1, -0.05) is 195 Å². The van der Waals surface area contributed by atoms with Crippen molar-refractivity contribution < 1.29 is 38.2 Å². The molecule has 0 fully saturated rings. The van der Waals surface area contributed by atoms with Gasteiger partial charge in [-0.15, -0.1) is 0 Å². The van der Waals surface area contributed by atoms with Gasteiger partial charge in [0.15, 0.2) is 6.10 Å². The number of ether oxygens (including phenoxy) is 3. The zero-order valence-corrected chi connectivity index (χ0v) is 41.0. The van der Waals surface area contributed by atoms with Crippen LogP contribution in [0.2, 0.25) is 0 Å². The highest BCUT2D eigenvalue weighted by atomic mass is 16.6. The highest BCUT2D eigenvalue weighted by Crippen LogP contribution is 2.15. The molecule has 360 valence electrons. The number of aliphatic carboxylic acids is 1. The molecule has 63 heavy (non-hydrogen) atoms. The van der Waals surface area contributed by atoms with E-state index in [1.54, 1.807) is 21.1 Å². The normalized spacial score (nSPS) is 13.6. The Kier molecular flexibility index (Phi) is 42.6. The molecule has 0 aliphatic heterocycles. The van der Waals surface area contributed by atoms with E-state index in [1.165, 1.54) is 83.5 Å². The molecule has 0 saturated carbocycles. The van der Waals surface area contributed by atoms with E-state index >= 15 is 0 Å². The highest BCUT2D eigenvalue weighted by Gasteiger charge is 2.25. The van der Waals surface area contributed by atoms with Gasteiger partial charge in [0.2, 0.25) is 0 Å². The van der Waals surface area contributed by atoms with Crippen LogP contribution in [0.1, 0.15) is 194 Å². The predicted octanol–water partition coefficient (Wildman–Crippen LogP) is 13.1. The summed E-state index contributed by atoms with van der Waals surface area (Å²) >= 11 is 0. The molecule has 0 amide bonds. The third-order valence-corrected chi connectivity index (χ3v) is 10.8. The first-order valence-electron chi connectivity index (χ1n) is 25.1. The van der Waals surface area contributed by atoms with E-state index in [0.717, 1.165) is 70.6 Å². The molecule has 8 nitrogen and oxygen atoms in total. The van der Waals surface area contributed by atoms with Crippen LogP contribution in [0.5, 0.6) is 0 Å². The van der Waals surface area contributed by atoms with Crippen molar-refractivity contribution in [3.63, 3.8) is 0 Å². The van der Waals surface area contributed by atoms with Gasteiger partial charge < -0.3 is 28.6 Å². The number of hydrogen-bond donors (Lipinski definition) is 0. The van der Waals surface area contributed by atoms with E-state index in [9.17, 15) is 19.5 Å².